The molecule has 21 heavy (non-hydrogen) atoms. The van der Waals surface area contributed by atoms with Gasteiger partial charge in [-0.1, -0.05) is 18.2 Å². The second-order valence-corrected chi connectivity index (χ2v) is 5.36. The van der Waals surface area contributed by atoms with Crippen molar-refractivity contribution in [3.8, 4) is 0 Å². The zero-order valence-corrected chi connectivity index (χ0v) is 11.4. The Kier molecular flexibility index (Phi) is 3.69. The minimum atomic E-state index is -0.648. The minimum Gasteiger partial charge on any atom is -0.384 e. The molecule has 2 nitrogen and oxygen atoms in total. The molecule has 2 aromatic carbocycles. The summed E-state index contributed by atoms with van der Waals surface area (Å²) in [5.41, 5.74) is 2.58. The van der Waals surface area contributed by atoms with Gasteiger partial charge in [0, 0.05) is 37.1 Å². The smallest absolute Gasteiger partial charge is 0.137 e. The number of fused-ring (bicyclic) bond motifs is 1. The average Bonchev–Trinajstić information content (AvgIpc) is 2.81. The van der Waals surface area contributed by atoms with E-state index in [-0.39, 0.29) is 18.1 Å². The minimum absolute atomic E-state index is 0.0106. The third-order valence-electron chi connectivity index (χ3n) is 3.74. The van der Waals surface area contributed by atoms with Gasteiger partial charge in [0.1, 0.15) is 17.4 Å². The predicted octanol–water partition coefficient (Wildman–Crippen LogP) is 3.68. The second kappa shape index (κ2) is 5.64. The summed E-state index contributed by atoms with van der Waals surface area (Å²) in [5, 5.41) is 3.27. The van der Waals surface area contributed by atoms with E-state index in [1.165, 1.54) is 12.1 Å². The number of nitrogens with one attached hydrogen (secondary N) is 1. The van der Waals surface area contributed by atoms with Gasteiger partial charge in [-0.25, -0.2) is 8.78 Å². The van der Waals surface area contributed by atoms with Crippen molar-refractivity contribution in [2.24, 2.45) is 0 Å². The fourth-order valence-corrected chi connectivity index (χ4v) is 2.83. The lowest BCUT2D eigenvalue weighted by atomic mass is 9.93. The Bertz CT molecular complexity index is 664. The van der Waals surface area contributed by atoms with Crippen molar-refractivity contribution >= 4 is 11.5 Å². The first-order valence-electron chi connectivity index (χ1n) is 6.91. The molecule has 0 radical (unpaired) electrons. The number of para-hydroxylation sites is 1. The SMILES string of the molecule is O=C(Cc1cc(F)cc(F)c1)CC1CNc2ccccc21. The van der Waals surface area contributed by atoms with E-state index in [4.69, 9.17) is 0 Å². The van der Waals surface area contributed by atoms with Crippen LogP contribution in [0.5, 0.6) is 0 Å². The van der Waals surface area contributed by atoms with Crippen molar-refractivity contribution < 1.29 is 13.6 Å². The molecule has 1 unspecified atom stereocenters. The summed E-state index contributed by atoms with van der Waals surface area (Å²) in [7, 11) is 0. The molecule has 0 bridgehead atoms. The van der Waals surface area contributed by atoms with E-state index in [0.717, 1.165) is 23.9 Å². The van der Waals surface area contributed by atoms with Crippen LogP contribution in [-0.4, -0.2) is 12.3 Å². The number of halogens is 2. The number of Topliss-reactive ketones (excluding diaryl/α,β-unsaturated/α-hetero) is 1. The van der Waals surface area contributed by atoms with Gasteiger partial charge in [-0.3, -0.25) is 4.79 Å². The molecule has 0 saturated carbocycles. The van der Waals surface area contributed by atoms with Crippen molar-refractivity contribution in [3.05, 3.63) is 65.2 Å². The lowest BCUT2D eigenvalue weighted by Gasteiger charge is -2.09. The Labute approximate surface area is 121 Å². The molecule has 0 aromatic heterocycles. The maximum Gasteiger partial charge on any atom is 0.137 e. The average molecular weight is 287 g/mol. The van der Waals surface area contributed by atoms with Crippen LogP contribution in [0.3, 0.4) is 0 Å². The summed E-state index contributed by atoms with van der Waals surface area (Å²) >= 11 is 0. The monoisotopic (exact) mass is 287 g/mol. The first kappa shape index (κ1) is 13.7. The molecule has 1 N–H and O–H groups in total. The Balaban J connectivity index is 1.68. The molecule has 0 fully saturated rings. The van der Waals surface area contributed by atoms with Gasteiger partial charge < -0.3 is 5.32 Å². The molecule has 1 heterocycles. The number of carbonyl (C=O) groups excluding carboxylic acids is 1. The van der Waals surface area contributed by atoms with Gasteiger partial charge in [-0.05, 0) is 29.3 Å². The summed E-state index contributed by atoms with van der Waals surface area (Å²) < 4.78 is 26.2. The number of hydrogen-bond donors (Lipinski definition) is 1. The van der Waals surface area contributed by atoms with E-state index < -0.39 is 11.6 Å². The standard InChI is InChI=1S/C17H15F2NO/c18-13-5-11(6-14(19)9-13)7-15(21)8-12-10-20-17-4-2-1-3-16(12)17/h1-6,9,12,20H,7-8,10H2. The second-order valence-electron chi connectivity index (χ2n) is 5.36. The molecule has 0 saturated heterocycles. The first-order chi connectivity index (χ1) is 10.1. The molecule has 4 heteroatoms. The molecule has 1 aliphatic rings. The summed E-state index contributed by atoms with van der Waals surface area (Å²) in [4.78, 5) is 12.1. The lowest BCUT2D eigenvalue weighted by Crippen LogP contribution is -2.11. The van der Waals surface area contributed by atoms with Gasteiger partial charge in [0.2, 0.25) is 0 Å². The van der Waals surface area contributed by atoms with Crippen molar-refractivity contribution in [1.29, 1.82) is 0 Å². The Morgan fingerprint density at radius 2 is 1.86 bits per heavy atom. The number of carbonyl (C=O) groups is 1. The maximum absolute atomic E-state index is 13.1. The summed E-state index contributed by atoms with van der Waals surface area (Å²) in [6.07, 6.45) is 0.440. The predicted molar refractivity (Wildman–Crippen MR) is 77.4 cm³/mol. The van der Waals surface area contributed by atoms with Gasteiger partial charge in [0.05, 0.1) is 0 Å². The summed E-state index contributed by atoms with van der Waals surface area (Å²) in [5.74, 6) is -1.17. The highest BCUT2D eigenvalue weighted by molar-refractivity contribution is 5.82. The normalized spacial score (nSPS) is 16.4. The molecular weight excluding hydrogens is 272 g/mol. The molecule has 108 valence electrons. The number of rotatable bonds is 4. The van der Waals surface area contributed by atoms with Gasteiger partial charge in [-0.2, -0.15) is 0 Å². The largest absolute Gasteiger partial charge is 0.384 e. The van der Waals surface area contributed by atoms with Crippen molar-refractivity contribution in [2.75, 3.05) is 11.9 Å². The van der Waals surface area contributed by atoms with Crippen LogP contribution in [0.4, 0.5) is 14.5 Å². The zero-order valence-electron chi connectivity index (χ0n) is 11.4. The van der Waals surface area contributed by atoms with Gasteiger partial charge in [0.25, 0.3) is 0 Å². The number of anilines is 1. The highest BCUT2D eigenvalue weighted by Crippen LogP contribution is 2.33. The summed E-state index contributed by atoms with van der Waals surface area (Å²) in [6.45, 7) is 0.725. The molecule has 3 rings (SSSR count). The molecule has 2 aromatic rings. The molecule has 1 atom stereocenters. The van der Waals surface area contributed by atoms with Crippen LogP contribution in [0.2, 0.25) is 0 Å². The molecular formula is C17H15F2NO. The van der Waals surface area contributed by atoms with Crippen LogP contribution >= 0.6 is 0 Å². The van der Waals surface area contributed by atoms with Crippen LogP contribution in [0.25, 0.3) is 0 Å². The van der Waals surface area contributed by atoms with Crippen molar-refractivity contribution in [3.63, 3.8) is 0 Å². The maximum atomic E-state index is 13.1. The third kappa shape index (κ3) is 3.10. The van der Waals surface area contributed by atoms with Crippen molar-refractivity contribution in [1.82, 2.24) is 0 Å². The van der Waals surface area contributed by atoms with Crippen LogP contribution in [0, 0.1) is 11.6 Å². The van der Waals surface area contributed by atoms with Crippen LogP contribution in [0.1, 0.15) is 23.5 Å². The van der Waals surface area contributed by atoms with Gasteiger partial charge >= 0.3 is 0 Å². The van der Waals surface area contributed by atoms with E-state index in [0.29, 0.717) is 12.0 Å². The number of benzene rings is 2. The highest BCUT2D eigenvalue weighted by Gasteiger charge is 2.23. The first-order valence-corrected chi connectivity index (χ1v) is 6.91. The molecule has 0 aliphatic carbocycles. The fourth-order valence-electron chi connectivity index (χ4n) is 2.83. The lowest BCUT2D eigenvalue weighted by molar-refractivity contribution is -0.118. The van der Waals surface area contributed by atoms with Crippen LogP contribution in [0.15, 0.2) is 42.5 Å². The number of ketones is 1. The van der Waals surface area contributed by atoms with E-state index >= 15 is 0 Å². The van der Waals surface area contributed by atoms with Gasteiger partial charge in [0.15, 0.2) is 0 Å². The van der Waals surface area contributed by atoms with E-state index in [9.17, 15) is 13.6 Å². The summed E-state index contributed by atoms with van der Waals surface area (Å²) in [6, 6.07) is 11.1. The number of hydrogen-bond acceptors (Lipinski definition) is 2. The van der Waals surface area contributed by atoms with E-state index in [2.05, 4.69) is 5.32 Å². The third-order valence-corrected chi connectivity index (χ3v) is 3.74. The topological polar surface area (TPSA) is 29.1 Å². The fraction of sp³-hybridized carbons (Fsp3) is 0.235. The molecule has 0 spiro atoms. The van der Waals surface area contributed by atoms with E-state index in [1.807, 2.05) is 24.3 Å². The van der Waals surface area contributed by atoms with Crippen molar-refractivity contribution in [2.45, 2.75) is 18.8 Å². The quantitative estimate of drug-likeness (QED) is 0.929. The zero-order chi connectivity index (χ0) is 14.8. The molecule has 1 aliphatic heterocycles. The molecule has 0 amide bonds. The Morgan fingerprint density at radius 3 is 2.62 bits per heavy atom. The van der Waals surface area contributed by atoms with E-state index in [1.54, 1.807) is 0 Å². The Morgan fingerprint density at radius 1 is 1.14 bits per heavy atom. The van der Waals surface area contributed by atoms with Crippen LogP contribution < -0.4 is 5.32 Å². The van der Waals surface area contributed by atoms with Gasteiger partial charge in [-0.15, -0.1) is 0 Å². The van der Waals surface area contributed by atoms with Crippen LogP contribution in [-0.2, 0) is 11.2 Å². The Hall–Kier alpha value is -2.23. The highest BCUT2D eigenvalue weighted by atomic mass is 19.1.